The maximum Gasteiger partial charge on any atom is 0.0231 e. The van der Waals surface area contributed by atoms with Gasteiger partial charge in [0.25, 0.3) is 0 Å². The molecule has 2 N–H and O–H groups in total. The third kappa shape index (κ3) is 4.41. The number of benzene rings is 2. The molecule has 0 heterocycles. The molecule has 0 aliphatic carbocycles. The summed E-state index contributed by atoms with van der Waals surface area (Å²) < 4.78 is 0. The average Bonchev–Trinajstić information content (AvgIpc) is 2.40. The van der Waals surface area contributed by atoms with E-state index in [0.29, 0.717) is 0 Å². The van der Waals surface area contributed by atoms with Crippen molar-refractivity contribution in [2.45, 2.75) is 37.0 Å². The molecular formula is C17H21NS. The minimum absolute atomic E-state index is 0.224. The molecule has 19 heavy (non-hydrogen) atoms. The molecule has 0 amide bonds. The summed E-state index contributed by atoms with van der Waals surface area (Å²) in [5.41, 5.74) is 9.93. The van der Waals surface area contributed by atoms with Gasteiger partial charge in [0, 0.05) is 16.7 Å². The molecule has 0 fully saturated rings. The fourth-order valence-corrected chi connectivity index (χ4v) is 3.03. The minimum Gasteiger partial charge on any atom is -0.328 e. The number of hydrogen-bond acceptors (Lipinski definition) is 2. The Morgan fingerprint density at radius 3 is 2.47 bits per heavy atom. The summed E-state index contributed by atoms with van der Waals surface area (Å²) in [6, 6.07) is 17.5. The van der Waals surface area contributed by atoms with Crippen LogP contribution in [0, 0.1) is 6.92 Å². The van der Waals surface area contributed by atoms with Crippen molar-refractivity contribution in [3.05, 3.63) is 65.2 Å². The highest BCUT2D eigenvalue weighted by Gasteiger charge is 2.03. The summed E-state index contributed by atoms with van der Waals surface area (Å²) in [5.74, 6) is 1.02. The first-order chi connectivity index (χ1) is 9.15. The highest BCUT2D eigenvalue weighted by molar-refractivity contribution is 7.98. The zero-order chi connectivity index (χ0) is 13.7. The predicted octanol–water partition coefficient (Wildman–Crippen LogP) is 4.18. The summed E-state index contributed by atoms with van der Waals surface area (Å²) in [7, 11) is 0. The number of thioether (sulfide) groups is 1. The van der Waals surface area contributed by atoms with Gasteiger partial charge in [-0.3, -0.25) is 0 Å². The Kier molecular flexibility index (Phi) is 5.06. The summed E-state index contributed by atoms with van der Waals surface area (Å²) in [4.78, 5) is 1.33. The second-order valence-corrected chi connectivity index (χ2v) is 6.09. The molecule has 0 bridgehead atoms. The third-order valence-corrected chi connectivity index (χ3v) is 4.17. The van der Waals surface area contributed by atoms with Gasteiger partial charge in [-0.05, 0) is 49.1 Å². The van der Waals surface area contributed by atoms with Crippen LogP contribution in [0.3, 0.4) is 0 Å². The van der Waals surface area contributed by atoms with E-state index < -0.39 is 0 Å². The van der Waals surface area contributed by atoms with Gasteiger partial charge in [0.15, 0.2) is 0 Å². The Hall–Kier alpha value is -1.25. The third-order valence-electron chi connectivity index (χ3n) is 3.10. The van der Waals surface area contributed by atoms with Crippen LogP contribution in [0.25, 0.3) is 0 Å². The van der Waals surface area contributed by atoms with Gasteiger partial charge < -0.3 is 5.73 Å². The van der Waals surface area contributed by atoms with E-state index in [0.717, 1.165) is 12.2 Å². The maximum atomic E-state index is 5.86. The van der Waals surface area contributed by atoms with E-state index in [2.05, 4.69) is 62.4 Å². The van der Waals surface area contributed by atoms with Gasteiger partial charge in [0.2, 0.25) is 0 Å². The molecule has 0 saturated heterocycles. The first kappa shape index (κ1) is 14.2. The van der Waals surface area contributed by atoms with Gasteiger partial charge in [0.05, 0.1) is 0 Å². The molecule has 1 atom stereocenters. The number of nitrogens with two attached hydrogens (primary N) is 1. The number of hydrogen-bond donors (Lipinski definition) is 1. The Morgan fingerprint density at radius 2 is 1.84 bits per heavy atom. The molecule has 2 heteroatoms. The quantitative estimate of drug-likeness (QED) is 0.826. The Bertz CT molecular complexity index is 520. The van der Waals surface area contributed by atoms with Crippen LogP contribution >= 0.6 is 11.8 Å². The smallest absolute Gasteiger partial charge is 0.0231 e. The average molecular weight is 271 g/mol. The molecule has 0 spiro atoms. The summed E-state index contributed by atoms with van der Waals surface area (Å²) >= 11 is 1.88. The normalized spacial score (nSPS) is 12.4. The van der Waals surface area contributed by atoms with Crippen LogP contribution in [0.1, 0.15) is 23.6 Å². The van der Waals surface area contributed by atoms with E-state index in [9.17, 15) is 0 Å². The van der Waals surface area contributed by atoms with Crippen molar-refractivity contribution in [3.8, 4) is 0 Å². The van der Waals surface area contributed by atoms with Crippen molar-refractivity contribution in [2.75, 3.05) is 0 Å². The van der Waals surface area contributed by atoms with Gasteiger partial charge in [-0.15, -0.1) is 11.8 Å². The molecule has 2 aromatic rings. The summed E-state index contributed by atoms with van der Waals surface area (Å²) in [5, 5.41) is 0. The lowest BCUT2D eigenvalue weighted by molar-refractivity contribution is 0.734. The molecule has 2 aromatic carbocycles. The summed E-state index contributed by atoms with van der Waals surface area (Å²) in [6.07, 6.45) is 0.954. The van der Waals surface area contributed by atoms with E-state index in [1.165, 1.54) is 21.6 Å². The Morgan fingerprint density at radius 1 is 1.11 bits per heavy atom. The van der Waals surface area contributed by atoms with Crippen LogP contribution in [0.2, 0.25) is 0 Å². The molecule has 0 saturated carbocycles. The van der Waals surface area contributed by atoms with Crippen LogP contribution in [0.5, 0.6) is 0 Å². The number of rotatable bonds is 5. The van der Waals surface area contributed by atoms with Crippen LogP contribution in [-0.2, 0) is 12.2 Å². The zero-order valence-corrected chi connectivity index (χ0v) is 12.4. The molecule has 0 radical (unpaired) electrons. The second kappa shape index (κ2) is 6.78. The molecule has 0 aromatic heterocycles. The molecular weight excluding hydrogens is 250 g/mol. The van der Waals surface area contributed by atoms with E-state index in [4.69, 9.17) is 5.73 Å². The van der Waals surface area contributed by atoms with Crippen molar-refractivity contribution in [2.24, 2.45) is 5.73 Å². The van der Waals surface area contributed by atoms with Gasteiger partial charge >= 0.3 is 0 Å². The van der Waals surface area contributed by atoms with Crippen LogP contribution in [-0.4, -0.2) is 6.04 Å². The Labute approximate surface area is 120 Å². The van der Waals surface area contributed by atoms with Crippen molar-refractivity contribution < 1.29 is 0 Å². The predicted molar refractivity (Wildman–Crippen MR) is 84.5 cm³/mol. The van der Waals surface area contributed by atoms with Crippen LogP contribution in [0.15, 0.2) is 53.4 Å². The van der Waals surface area contributed by atoms with Gasteiger partial charge in [-0.1, -0.05) is 36.4 Å². The summed E-state index contributed by atoms with van der Waals surface area (Å²) in [6.45, 7) is 4.22. The molecule has 2 rings (SSSR count). The van der Waals surface area contributed by atoms with E-state index in [-0.39, 0.29) is 6.04 Å². The lowest BCUT2D eigenvalue weighted by Crippen LogP contribution is -2.18. The maximum absolute atomic E-state index is 5.86. The van der Waals surface area contributed by atoms with Gasteiger partial charge in [-0.2, -0.15) is 0 Å². The fourth-order valence-electron chi connectivity index (χ4n) is 2.07. The standard InChI is InChI=1S/C17H21NS/c1-13-10-17(9-8-16(13)11-14(2)18)19-12-15-6-4-3-5-7-15/h3-10,14H,11-12,18H2,1-2H3. The minimum atomic E-state index is 0.224. The van der Waals surface area contributed by atoms with E-state index in [1.54, 1.807) is 0 Å². The van der Waals surface area contributed by atoms with Crippen molar-refractivity contribution >= 4 is 11.8 Å². The first-order valence-corrected chi connectivity index (χ1v) is 7.65. The molecule has 0 aliphatic heterocycles. The Balaban J connectivity index is 2.00. The molecule has 1 unspecified atom stereocenters. The van der Waals surface area contributed by atoms with E-state index >= 15 is 0 Å². The van der Waals surface area contributed by atoms with Gasteiger partial charge in [0.1, 0.15) is 0 Å². The number of aryl methyl sites for hydroxylation is 1. The fraction of sp³-hybridized carbons (Fsp3) is 0.294. The second-order valence-electron chi connectivity index (χ2n) is 5.04. The lowest BCUT2D eigenvalue weighted by atomic mass is 10.0. The monoisotopic (exact) mass is 271 g/mol. The SMILES string of the molecule is Cc1cc(SCc2ccccc2)ccc1CC(C)N. The largest absolute Gasteiger partial charge is 0.328 e. The molecule has 0 aliphatic rings. The highest BCUT2D eigenvalue weighted by atomic mass is 32.2. The van der Waals surface area contributed by atoms with Crippen molar-refractivity contribution in [1.82, 2.24) is 0 Å². The highest BCUT2D eigenvalue weighted by Crippen LogP contribution is 2.25. The van der Waals surface area contributed by atoms with Crippen molar-refractivity contribution in [3.63, 3.8) is 0 Å². The molecule has 1 nitrogen and oxygen atoms in total. The molecule has 100 valence electrons. The van der Waals surface area contributed by atoms with E-state index in [1.807, 2.05) is 11.8 Å². The topological polar surface area (TPSA) is 26.0 Å². The van der Waals surface area contributed by atoms with Gasteiger partial charge in [-0.25, -0.2) is 0 Å². The van der Waals surface area contributed by atoms with Crippen LogP contribution < -0.4 is 5.73 Å². The van der Waals surface area contributed by atoms with Crippen molar-refractivity contribution in [1.29, 1.82) is 0 Å². The van der Waals surface area contributed by atoms with Crippen LogP contribution in [0.4, 0.5) is 0 Å². The first-order valence-electron chi connectivity index (χ1n) is 6.67. The lowest BCUT2D eigenvalue weighted by Gasteiger charge is -2.10. The zero-order valence-electron chi connectivity index (χ0n) is 11.6.